The highest BCUT2D eigenvalue weighted by Crippen LogP contribution is 2.04. The first kappa shape index (κ1) is 7.66. The Morgan fingerprint density at radius 3 is 3.00 bits per heavy atom. The van der Waals surface area contributed by atoms with Gasteiger partial charge in [0, 0.05) is 31.2 Å². The van der Waals surface area contributed by atoms with Gasteiger partial charge in [-0.2, -0.15) is 0 Å². The predicted octanol–water partition coefficient (Wildman–Crippen LogP) is 1.77. The van der Waals surface area contributed by atoms with Crippen LogP contribution in [0.3, 0.4) is 0 Å². The van der Waals surface area contributed by atoms with Crippen molar-refractivity contribution in [2.45, 2.75) is 0 Å². The fourth-order valence-electron chi connectivity index (χ4n) is 0.850. The average Bonchev–Trinajstić information content (AvgIpc) is 2.06. The van der Waals surface area contributed by atoms with Crippen molar-refractivity contribution < 1.29 is 0 Å². The largest absolute Gasteiger partial charge is 0.296 e. The van der Waals surface area contributed by atoms with Gasteiger partial charge < -0.3 is 0 Å². The molecule has 1 heterocycles. The second-order valence-electron chi connectivity index (χ2n) is 2.10. The maximum Gasteiger partial charge on any atom is 0.0361 e. The van der Waals surface area contributed by atoms with Gasteiger partial charge in [-0.1, -0.05) is 12.7 Å². The molecule has 0 bridgehead atoms. The van der Waals surface area contributed by atoms with Gasteiger partial charge in [0.25, 0.3) is 0 Å². The Hall–Kier alpha value is -1.44. The van der Waals surface area contributed by atoms with Gasteiger partial charge in [0.2, 0.25) is 0 Å². The van der Waals surface area contributed by atoms with Crippen molar-refractivity contribution in [3.63, 3.8) is 0 Å². The molecule has 0 aliphatic carbocycles. The molecule has 0 N–H and O–H groups in total. The van der Waals surface area contributed by atoms with Gasteiger partial charge >= 0.3 is 0 Å². The third kappa shape index (κ3) is 1.74. The average molecular weight is 146 g/mol. The lowest BCUT2D eigenvalue weighted by atomic mass is 10.1. The molecule has 0 atom stereocenters. The van der Waals surface area contributed by atoms with Crippen LogP contribution in [0.15, 0.2) is 30.0 Å². The number of hydrogen-bond acceptors (Lipinski definition) is 2. The summed E-state index contributed by atoms with van der Waals surface area (Å²) in [5.41, 5.74) is 2.07. The number of pyridine rings is 1. The Labute approximate surface area is 66.3 Å². The number of aliphatic imine (C=N–C) groups is 1. The zero-order valence-electron chi connectivity index (χ0n) is 6.49. The molecule has 1 rings (SSSR count). The summed E-state index contributed by atoms with van der Waals surface area (Å²) in [6.07, 6.45) is 7.07. The molecule has 0 aromatic carbocycles. The lowest BCUT2D eigenvalue weighted by Crippen LogP contribution is -1.87. The van der Waals surface area contributed by atoms with E-state index in [0.29, 0.717) is 0 Å². The second-order valence-corrected chi connectivity index (χ2v) is 2.10. The van der Waals surface area contributed by atoms with Crippen molar-refractivity contribution in [1.82, 2.24) is 4.98 Å². The summed E-state index contributed by atoms with van der Waals surface area (Å²) in [5, 5.41) is 0. The van der Waals surface area contributed by atoms with E-state index < -0.39 is 0 Å². The van der Waals surface area contributed by atoms with Crippen LogP contribution in [0.1, 0.15) is 11.1 Å². The van der Waals surface area contributed by atoms with E-state index in [9.17, 15) is 0 Å². The standard InChI is InChI=1S/C9H10N2/c1-3-8-4-5-11-7-9(8)6-10-2/h3-7H,1H2,2H3. The van der Waals surface area contributed by atoms with Gasteiger partial charge in [-0.25, -0.2) is 0 Å². The zero-order valence-corrected chi connectivity index (χ0v) is 6.49. The minimum Gasteiger partial charge on any atom is -0.296 e. The molecule has 0 fully saturated rings. The summed E-state index contributed by atoms with van der Waals surface area (Å²) in [6, 6.07) is 1.91. The summed E-state index contributed by atoms with van der Waals surface area (Å²) in [7, 11) is 1.74. The Morgan fingerprint density at radius 2 is 2.36 bits per heavy atom. The number of hydrogen-bond donors (Lipinski definition) is 0. The molecule has 0 spiro atoms. The highest BCUT2D eigenvalue weighted by molar-refractivity contribution is 5.84. The maximum atomic E-state index is 3.97. The molecule has 2 nitrogen and oxygen atoms in total. The first-order valence-corrected chi connectivity index (χ1v) is 3.37. The third-order valence-electron chi connectivity index (χ3n) is 1.38. The first-order valence-electron chi connectivity index (χ1n) is 3.37. The van der Waals surface area contributed by atoms with Crippen LogP contribution in [0, 0.1) is 0 Å². The monoisotopic (exact) mass is 146 g/mol. The summed E-state index contributed by atoms with van der Waals surface area (Å²) >= 11 is 0. The van der Waals surface area contributed by atoms with E-state index in [-0.39, 0.29) is 0 Å². The van der Waals surface area contributed by atoms with Gasteiger partial charge in [-0.15, -0.1) is 0 Å². The highest BCUT2D eigenvalue weighted by Gasteiger charge is 1.92. The molecule has 0 saturated carbocycles. The van der Waals surface area contributed by atoms with Crippen LogP contribution in [0.4, 0.5) is 0 Å². The zero-order chi connectivity index (χ0) is 8.10. The van der Waals surface area contributed by atoms with E-state index >= 15 is 0 Å². The summed E-state index contributed by atoms with van der Waals surface area (Å²) in [5.74, 6) is 0. The minimum atomic E-state index is 1.00. The fraction of sp³-hybridized carbons (Fsp3) is 0.111. The first-order chi connectivity index (χ1) is 5.38. The number of rotatable bonds is 2. The van der Waals surface area contributed by atoms with E-state index in [0.717, 1.165) is 11.1 Å². The van der Waals surface area contributed by atoms with Gasteiger partial charge in [-0.3, -0.25) is 9.98 Å². The van der Waals surface area contributed by atoms with Gasteiger partial charge in [0.15, 0.2) is 0 Å². The molecular formula is C9H10N2. The molecule has 1 aromatic heterocycles. The van der Waals surface area contributed by atoms with Crippen LogP contribution in [0.25, 0.3) is 6.08 Å². The molecule has 1 aromatic rings. The summed E-state index contributed by atoms with van der Waals surface area (Å²) in [6.45, 7) is 3.68. The molecule has 0 aliphatic rings. The van der Waals surface area contributed by atoms with E-state index in [1.807, 2.05) is 6.07 Å². The van der Waals surface area contributed by atoms with Crippen molar-refractivity contribution >= 4 is 12.3 Å². The van der Waals surface area contributed by atoms with E-state index in [1.165, 1.54) is 0 Å². The maximum absolute atomic E-state index is 3.97. The number of nitrogens with zero attached hydrogens (tertiary/aromatic N) is 2. The Kier molecular flexibility index (Phi) is 2.55. The molecule has 0 aliphatic heterocycles. The van der Waals surface area contributed by atoms with Gasteiger partial charge in [0.1, 0.15) is 0 Å². The van der Waals surface area contributed by atoms with Crippen LogP contribution >= 0.6 is 0 Å². The Bertz CT molecular complexity index is 277. The van der Waals surface area contributed by atoms with Gasteiger partial charge in [-0.05, 0) is 11.6 Å². The van der Waals surface area contributed by atoms with Crippen molar-refractivity contribution in [3.8, 4) is 0 Å². The lowest BCUT2D eigenvalue weighted by molar-refractivity contribution is 1.31. The topological polar surface area (TPSA) is 25.2 Å². The van der Waals surface area contributed by atoms with Crippen LogP contribution < -0.4 is 0 Å². The minimum absolute atomic E-state index is 1.00. The summed E-state index contributed by atoms with van der Waals surface area (Å²) in [4.78, 5) is 7.87. The predicted molar refractivity (Wildman–Crippen MR) is 47.8 cm³/mol. The molecule has 2 heteroatoms. The molecule has 0 unspecified atom stereocenters. The normalized spacial score (nSPS) is 10.3. The molecule has 0 saturated heterocycles. The van der Waals surface area contributed by atoms with Crippen LogP contribution in [0.2, 0.25) is 0 Å². The molecule has 11 heavy (non-hydrogen) atoms. The van der Waals surface area contributed by atoms with E-state index in [1.54, 1.807) is 31.7 Å². The van der Waals surface area contributed by atoms with Crippen molar-refractivity contribution in [2.75, 3.05) is 7.05 Å². The third-order valence-corrected chi connectivity index (χ3v) is 1.38. The van der Waals surface area contributed by atoms with Crippen molar-refractivity contribution in [1.29, 1.82) is 0 Å². The van der Waals surface area contributed by atoms with Crippen LogP contribution in [0.5, 0.6) is 0 Å². The van der Waals surface area contributed by atoms with E-state index in [4.69, 9.17) is 0 Å². The quantitative estimate of drug-likeness (QED) is 0.584. The second kappa shape index (κ2) is 3.66. The van der Waals surface area contributed by atoms with Gasteiger partial charge in [0.05, 0.1) is 0 Å². The number of aromatic nitrogens is 1. The SMILES string of the molecule is C=Cc1ccncc1C=NC. The molecular weight excluding hydrogens is 136 g/mol. The fourth-order valence-corrected chi connectivity index (χ4v) is 0.850. The summed E-state index contributed by atoms with van der Waals surface area (Å²) < 4.78 is 0. The van der Waals surface area contributed by atoms with Crippen molar-refractivity contribution in [3.05, 3.63) is 36.2 Å². The van der Waals surface area contributed by atoms with Crippen LogP contribution in [-0.2, 0) is 0 Å². The van der Waals surface area contributed by atoms with E-state index in [2.05, 4.69) is 16.6 Å². The Balaban J connectivity index is 3.11. The molecule has 0 radical (unpaired) electrons. The molecule has 56 valence electrons. The van der Waals surface area contributed by atoms with Crippen LogP contribution in [-0.4, -0.2) is 18.2 Å². The molecule has 0 amide bonds. The smallest absolute Gasteiger partial charge is 0.0361 e. The lowest BCUT2D eigenvalue weighted by Gasteiger charge is -1.96. The van der Waals surface area contributed by atoms with Crippen molar-refractivity contribution in [2.24, 2.45) is 4.99 Å². The highest BCUT2D eigenvalue weighted by atomic mass is 14.7. The Morgan fingerprint density at radius 1 is 1.55 bits per heavy atom.